The Bertz CT molecular complexity index is 846. The molecule has 7 nitrogen and oxygen atoms in total. The van der Waals surface area contributed by atoms with Crippen LogP contribution in [0.2, 0.25) is 0 Å². The molecule has 0 unspecified atom stereocenters. The van der Waals surface area contributed by atoms with E-state index in [2.05, 4.69) is 10.3 Å². The molecule has 1 N–H and O–H groups in total. The summed E-state index contributed by atoms with van der Waals surface area (Å²) < 4.78 is 0. The topological polar surface area (TPSA) is 88.1 Å². The first-order chi connectivity index (χ1) is 14.0. The molecule has 1 aliphatic heterocycles. The van der Waals surface area contributed by atoms with E-state index in [1.165, 1.54) is 0 Å². The summed E-state index contributed by atoms with van der Waals surface area (Å²) in [5, 5.41) is 2.90. The maximum absolute atomic E-state index is 12.8. The fraction of sp³-hybridized carbons (Fsp3) is 0.500. The molecule has 0 radical (unpaired) electrons. The number of aromatic nitrogens is 3. The number of pyridine rings is 1. The van der Waals surface area contributed by atoms with Crippen LogP contribution in [0.15, 0.2) is 24.5 Å². The highest BCUT2D eigenvalue weighted by molar-refractivity contribution is 5.94. The van der Waals surface area contributed by atoms with Gasteiger partial charge in [-0.15, -0.1) is 0 Å². The van der Waals surface area contributed by atoms with Crippen LogP contribution in [0.1, 0.15) is 65.2 Å². The van der Waals surface area contributed by atoms with Gasteiger partial charge in [0.15, 0.2) is 0 Å². The van der Waals surface area contributed by atoms with Gasteiger partial charge in [0.05, 0.1) is 12.0 Å². The van der Waals surface area contributed by atoms with Crippen molar-refractivity contribution in [1.82, 2.24) is 25.2 Å². The Labute approximate surface area is 172 Å². The number of carbonyl (C=O) groups is 2. The average Bonchev–Trinajstić information content (AvgIpc) is 2.74. The minimum absolute atomic E-state index is 0.000286. The highest BCUT2D eigenvalue weighted by Gasteiger charge is 2.28. The summed E-state index contributed by atoms with van der Waals surface area (Å²) in [7, 11) is 0. The van der Waals surface area contributed by atoms with E-state index in [0.29, 0.717) is 25.1 Å². The number of nitrogens with one attached hydrogen (secondary N) is 1. The van der Waals surface area contributed by atoms with Crippen LogP contribution in [0.4, 0.5) is 0 Å². The van der Waals surface area contributed by atoms with Crippen LogP contribution < -0.4 is 5.32 Å². The molecule has 0 aromatic carbocycles. The van der Waals surface area contributed by atoms with Crippen LogP contribution >= 0.6 is 0 Å². The first kappa shape index (κ1) is 20.9. The van der Waals surface area contributed by atoms with Crippen LogP contribution in [0.5, 0.6) is 0 Å². The second-order valence-corrected chi connectivity index (χ2v) is 7.59. The van der Waals surface area contributed by atoms with Gasteiger partial charge in [-0.2, -0.15) is 0 Å². The van der Waals surface area contributed by atoms with Crippen molar-refractivity contribution >= 4 is 11.8 Å². The highest BCUT2D eigenvalue weighted by atomic mass is 16.2. The molecule has 0 bridgehead atoms. The summed E-state index contributed by atoms with van der Waals surface area (Å²) in [4.78, 5) is 40.2. The smallest absolute Gasteiger partial charge is 0.255 e. The molecule has 1 atom stereocenters. The monoisotopic (exact) mass is 395 g/mol. The molecule has 154 valence electrons. The number of rotatable bonds is 6. The minimum atomic E-state index is 0.000286. The van der Waals surface area contributed by atoms with Gasteiger partial charge in [0, 0.05) is 54.9 Å². The van der Waals surface area contributed by atoms with Crippen molar-refractivity contribution in [2.75, 3.05) is 19.6 Å². The number of carbonyl (C=O) groups excluding carboxylic acids is 2. The van der Waals surface area contributed by atoms with Crippen LogP contribution in [-0.2, 0) is 11.2 Å². The molecule has 2 aromatic heterocycles. The van der Waals surface area contributed by atoms with Crippen molar-refractivity contribution in [2.45, 2.75) is 52.4 Å². The van der Waals surface area contributed by atoms with Crippen molar-refractivity contribution in [3.05, 3.63) is 52.9 Å². The van der Waals surface area contributed by atoms with E-state index in [4.69, 9.17) is 9.97 Å². The fourth-order valence-corrected chi connectivity index (χ4v) is 3.74. The Morgan fingerprint density at radius 3 is 2.66 bits per heavy atom. The van der Waals surface area contributed by atoms with Gasteiger partial charge in [0.1, 0.15) is 5.82 Å². The molecule has 2 aromatic rings. The van der Waals surface area contributed by atoms with Crippen molar-refractivity contribution in [1.29, 1.82) is 0 Å². The lowest BCUT2D eigenvalue weighted by molar-refractivity contribution is -0.120. The number of hydrogen-bond acceptors (Lipinski definition) is 5. The van der Waals surface area contributed by atoms with Crippen LogP contribution in [0.25, 0.3) is 0 Å². The lowest BCUT2D eigenvalue weighted by atomic mass is 9.95. The molecule has 3 heterocycles. The number of hydrogen-bond donors (Lipinski definition) is 1. The van der Waals surface area contributed by atoms with Crippen LogP contribution in [0.3, 0.4) is 0 Å². The van der Waals surface area contributed by atoms with Crippen molar-refractivity contribution < 1.29 is 9.59 Å². The first-order valence-electron chi connectivity index (χ1n) is 10.3. The normalized spacial score (nSPS) is 16.5. The Morgan fingerprint density at radius 2 is 2.00 bits per heavy atom. The molecule has 29 heavy (non-hydrogen) atoms. The standard InChI is InChI=1S/C22H29N5O2/c1-4-9-24-20(28)12-19-15(2)25-21(26-16(19)3)18-8-6-11-27(14-18)22(29)17-7-5-10-23-13-17/h5,7,10,13,18H,4,6,8-9,11-12,14H2,1-3H3,(H,24,28)/t18-/m1/s1. The van der Waals surface area contributed by atoms with Crippen LogP contribution in [-0.4, -0.2) is 51.3 Å². The predicted octanol–water partition coefficient (Wildman–Crippen LogP) is 2.58. The largest absolute Gasteiger partial charge is 0.356 e. The molecule has 1 fully saturated rings. The SMILES string of the molecule is CCCNC(=O)Cc1c(C)nc([C@@H]2CCCN(C(=O)c3cccnc3)C2)nc1C. The van der Waals surface area contributed by atoms with Gasteiger partial charge in [-0.05, 0) is 45.2 Å². The Kier molecular flexibility index (Phi) is 6.90. The molecule has 2 amide bonds. The summed E-state index contributed by atoms with van der Waals surface area (Å²) in [5.41, 5.74) is 3.18. The molecule has 1 aliphatic rings. The summed E-state index contributed by atoms with van der Waals surface area (Å²) in [6, 6.07) is 3.57. The second-order valence-electron chi connectivity index (χ2n) is 7.59. The zero-order valence-corrected chi connectivity index (χ0v) is 17.4. The number of piperidine rings is 1. The summed E-state index contributed by atoms with van der Waals surface area (Å²) >= 11 is 0. The molecule has 0 spiro atoms. The van der Waals surface area contributed by atoms with Gasteiger partial charge in [-0.3, -0.25) is 14.6 Å². The summed E-state index contributed by atoms with van der Waals surface area (Å²) in [6.07, 6.45) is 6.35. The Balaban J connectivity index is 1.73. The molecule has 7 heteroatoms. The van der Waals surface area contributed by atoms with Gasteiger partial charge < -0.3 is 10.2 Å². The third-order valence-electron chi connectivity index (χ3n) is 5.33. The van der Waals surface area contributed by atoms with Crippen molar-refractivity contribution in [3.8, 4) is 0 Å². The van der Waals surface area contributed by atoms with E-state index in [1.807, 2.05) is 25.7 Å². The number of likely N-dealkylation sites (tertiary alicyclic amines) is 1. The lowest BCUT2D eigenvalue weighted by Gasteiger charge is -2.32. The summed E-state index contributed by atoms with van der Waals surface area (Å²) in [5.74, 6) is 0.868. The summed E-state index contributed by atoms with van der Waals surface area (Å²) in [6.45, 7) is 7.91. The molecule has 0 saturated carbocycles. The van der Waals surface area contributed by atoms with E-state index in [0.717, 1.165) is 48.6 Å². The van der Waals surface area contributed by atoms with Crippen LogP contribution in [0, 0.1) is 13.8 Å². The quantitative estimate of drug-likeness (QED) is 0.812. The highest BCUT2D eigenvalue weighted by Crippen LogP contribution is 2.27. The molecule has 1 saturated heterocycles. The zero-order valence-electron chi connectivity index (χ0n) is 17.4. The van der Waals surface area contributed by atoms with E-state index in [-0.39, 0.29) is 17.7 Å². The van der Waals surface area contributed by atoms with Crippen molar-refractivity contribution in [3.63, 3.8) is 0 Å². The van der Waals surface area contributed by atoms with Gasteiger partial charge in [-0.1, -0.05) is 6.92 Å². The van der Waals surface area contributed by atoms with E-state index < -0.39 is 0 Å². The predicted molar refractivity (Wildman–Crippen MR) is 111 cm³/mol. The molecular formula is C22H29N5O2. The maximum Gasteiger partial charge on any atom is 0.255 e. The first-order valence-corrected chi connectivity index (χ1v) is 10.3. The molecule has 0 aliphatic carbocycles. The molecular weight excluding hydrogens is 366 g/mol. The van der Waals surface area contributed by atoms with Gasteiger partial charge >= 0.3 is 0 Å². The molecule has 3 rings (SSSR count). The average molecular weight is 396 g/mol. The fourth-order valence-electron chi connectivity index (χ4n) is 3.74. The van der Waals surface area contributed by atoms with E-state index >= 15 is 0 Å². The number of aryl methyl sites for hydroxylation is 2. The van der Waals surface area contributed by atoms with E-state index in [1.54, 1.807) is 24.5 Å². The lowest BCUT2D eigenvalue weighted by Crippen LogP contribution is -2.39. The maximum atomic E-state index is 12.8. The second kappa shape index (κ2) is 9.58. The van der Waals surface area contributed by atoms with Gasteiger partial charge in [0.25, 0.3) is 5.91 Å². The third kappa shape index (κ3) is 5.16. The zero-order chi connectivity index (χ0) is 20.8. The van der Waals surface area contributed by atoms with E-state index in [9.17, 15) is 9.59 Å². The number of amides is 2. The van der Waals surface area contributed by atoms with Gasteiger partial charge in [0.2, 0.25) is 5.91 Å². The number of nitrogens with zero attached hydrogens (tertiary/aromatic N) is 4. The van der Waals surface area contributed by atoms with Crippen molar-refractivity contribution in [2.24, 2.45) is 0 Å². The Hall–Kier alpha value is -2.83. The Morgan fingerprint density at radius 1 is 1.24 bits per heavy atom. The third-order valence-corrected chi connectivity index (χ3v) is 5.33. The van der Waals surface area contributed by atoms with Gasteiger partial charge in [-0.25, -0.2) is 9.97 Å². The minimum Gasteiger partial charge on any atom is -0.356 e.